The summed E-state index contributed by atoms with van der Waals surface area (Å²) in [6, 6.07) is 5.49. The standard InChI is InChI=1S/C8H7NO4/c10-6-3-1-5(2-4-6)9-7(11)8(12)13/h1-4,10H,(H,9,11)(H,12,13). The summed E-state index contributed by atoms with van der Waals surface area (Å²) in [6.45, 7) is 0. The Bertz CT molecular complexity index is 331. The Hall–Kier alpha value is -2.04. The highest BCUT2D eigenvalue weighted by Crippen LogP contribution is 2.13. The molecule has 1 rings (SSSR count). The van der Waals surface area contributed by atoms with Gasteiger partial charge in [0.2, 0.25) is 0 Å². The van der Waals surface area contributed by atoms with Gasteiger partial charge in [0.1, 0.15) is 5.75 Å². The van der Waals surface area contributed by atoms with Gasteiger partial charge in [-0.25, -0.2) is 4.79 Å². The number of carboxylic acid groups (broad SMARTS) is 1. The molecule has 13 heavy (non-hydrogen) atoms. The predicted octanol–water partition coefficient (Wildman–Crippen LogP) is 0.415. The van der Waals surface area contributed by atoms with Gasteiger partial charge in [0.25, 0.3) is 0 Å². The van der Waals surface area contributed by atoms with Crippen LogP contribution in [0.1, 0.15) is 0 Å². The minimum absolute atomic E-state index is 0.0494. The molecule has 0 saturated heterocycles. The fraction of sp³-hybridized carbons (Fsp3) is 0. The molecular weight excluding hydrogens is 174 g/mol. The number of aliphatic carboxylic acids is 1. The van der Waals surface area contributed by atoms with Crippen molar-refractivity contribution < 1.29 is 19.8 Å². The Morgan fingerprint density at radius 2 is 1.69 bits per heavy atom. The summed E-state index contributed by atoms with van der Waals surface area (Å²) in [6.07, 6.45) is 0. The number of carbonyl (C=O) groups excluding carboxylic acids is 1. The van der Waals surface area contributed by atoms with Gasteiger partial charge in [-0.15, -0.1) is 0 Å². The second kappa shape index (κ2) is 3.57. The number of rotatable bonds is 1. The van der Waals surface area contributed by atoms with Crippen molar-refractivity contribution in [1.82, 2.24) is 0 Å². The largest absolute Gasteiger partial charge is 0.508 e. The van der Waals surface area contributed by atoms with Crippen molar-refractivity contribution in [3.05, 3.63) is 24.3 Å². The number of hydrogen-bond donors (Lipinski definition) is 3. The van der Waals surface area contributed by atoms with Crippen LogP contribution in [0.2, 0.25) is 0 Å². The van der Waals surface area contributed by atoms with Crippen molar-refractivity contribution in [3.63, 3.8) is 0 Å². The first-order valence-electron chi connectivity index (χ1n) is 3.43. The van der Waals surface area contributed by atoms with Gasteiger partial charge in [0, 0.05) is 5.69 Å². The number of carbonyl (C=O) groups is 2. The molecule has 0 heterocycles. The fourth-order valence-corrected chi connectivity index (χ4v) is 0.729. The van der Waals surface area contributed by atoms with E-state index in [2.05, 4.69) is 5.32 Å². The van der Waals surface area contributed by atoms with E-state index in [4.69, 9.17) is 10.2 Å². The first-order valence-corrected chi connectivity index (χ1v) is 3.43. The maximum atomic E-state index is 10.6. The Kier molecular flexibility index (Phi) is 2.49. The Morgan fingerprint density at radius 3 is 2.15 bits per heavy atom. The number of phenols is 1. The van der Waals surface area contributed by atoms with Crippen molar-refractivity contribution in [3.8, 4) is 5.75 Å². The molecule has 0 aliphatic carbocycles. The molecule has 1 aromatic rings. The summed E-state index contributed by atoms with van der Waals surface area (Å²) in [5.41, 5.74) is 0.324. The molecule has 0 aliphatic heterocycles. The topological polar surface area (TPSA) is 86.6 Å². The summed E-state index contributed by atoms with van der Waals surface area (Å²) in [5.74, 6) is -2.60. The van der Waals surface area contributed by atoms with Crippen LogP contribution < -0.4 is 5.32 Å². The van der Waals surface area contributed by atoms with Crippen molar-refractivity contribution in [2.45, 2.75) is 0 Å². The number of aromatic hydroxyl groups is 1. The number of benzene rings is 1. The van der Waals surface area contributed by atoms with E-state index in [9.17, 15) is 9.59 Å². The second-order valence-corrected chi connectivity index (χ2v) is 2.31. The van der Waals surface area contributed by atoms with Crippen LogP contribution in [0.25, 0.3) is 0 Å². The summed E-state index contributed by atoms with van der Waals surface area (Å²) in [5, 5.41) is 19.2. The van der Waals surface area contributed by atoms with Crippen molar-refractivity contribution in [1.29, 1.82) is 0 Å². The van der Waals surface area contributed by atoms with Crippen molar-refractivity contribution in [2.75, 3.05) is 5.32 Å². The lowest BCUT2D eigenvalue weighted by Gasteiger charge is -2.00. The SMILES string of the molecule is O=C(O)C(=O)Nc1ccc(O)cc1. The van der Waals surface area contributed by atoms with Crippen LogP contribution in [0.3, 0.4) is 0 Å². The molecule has 1 aromatic carbocycles. The molecule has 5 heteroatoms. The van der Waals surface area contributed by atoms with Crippen LogP contribution in [0.4, 0.5) is 5.69 Å². The van der Waals surface area contributed by atoms with Crippen LogP contribution in [-0.4, -0.2) is 22.1 Å². The maximum absolute atomic E-state index is 10.6. The molecule has 0 unspecified atom stereocenters. The van der Waals surface area contributed by atoms with Gasteiger partial charge in [-0.05, 0) is 24.3 Å². The highest BCUT2D eigenvalue weighted by Gasteiger charge is 2.10. The van der Waals surface area contributed by atoms with E-state index in [1.165, 1.54) is 24.3 Å². The fourth-order valence-electron chi connectivity index (χ4n) is 0.729. The lowest BCUT2D eigenvalue weighted by molar-refractivity contribution is -0.147. The third-order valence-electron chi connectivity index (χ3n) is 1.32. The van der Waals surface area contributed by atoms with E-state index >= 15 is 0 Å². The molecule has 0 spiro atoms. The highest BCUT2D eigenvalue weighted by atomic mass is 16.4. The van der Waals surface area contributed by atoms with Crippen LogP contribution >= 0.6 is 0 Å². The molecule has 68 valence electrons. The average molecular weight is 181 g/mol. The van der Waals surface area contributed by atoms with Gasteiger partial charge < -0.3 is 15.5 Å². The zero-order valence-electron chi connectivity index (χ0n) is 6.52. The van der Waals surface area contributed by atoms with Crippen LogP contribution in [0, 0.1) is 0 Å². The normalized spacial score (nSPS) is 9.23. The van der Waals surface area contributed by atoms with E-state index < -0.39 is 11.9 Å². The lowest BCUT2D eigenvalue weighted by Crippen LogP contribution is -2.21. The third-order valence-corrected chi connectivity index (χ3v) is 1.32. The number of carboxylic acids is 1. The number of nitrogens with one attached hydrogen (secondary N) is 1. The third kappa shape index (κ3) is 2.48. The zero-order valence-corrected chi connectivity index (χ0v) is 6.52. The Balaban J connectivity index is 2.70. The first-order chi connectivity index (χ1) is 6.09. The van der Waals surface area contributed by atoms with Crippen LogP contribution in [0.15, 0.2) is 24.3 Å². The first kappa shape index (κ1) is 9.05. The van der Waals surface area contributed by atoms with Gasteiger partial charge in [-0.1, -0.05) is 0 Å². The molecule has 0 radical (unpaired) electrons. The maximum Gasteiger partial charge on any atom is 0.394 e. The number of anilines is 1. The zero-order chi connectivity index (χ0) is 9.84. The molecule has 0 atom stereocenters. The molecule has 0 aliphatic rings. The molecule has 0 bridgehead atoms. The van der Waals surface area contributed by atoms with Gasteiger partial charge >= 0.3 is 11.9 Å². The molecule has 3 N–H and O–H groups in total. The summed E-state index contributed by atoms with van der Waals surface area (Å²) < 4.78 is 0. The van der Waals surface area contributed by atoms with Crippen LogP contribution in [0.5, 0.6) is 5.75 Å². The predicted molar refractivity (Wildman–Crippen MR) is 44.4 cm³/mol. The highest BCUT2D eigenvalue weighted by molar-refractivity contribution is 6.36. The van der Waals surface area contributed by atoms with E-state index in [0.717, 1.165) is 0 Å². The minimum Gasteiger partial charge on any atom is -0.508 e. The summed E-state index contributed by atoms with van der Waals surface area (Å²) in [4.78, 5) is 20.7. The van der Waals surface area contributed by atoms with Gasteiger partial charge in [0.05, 0.1) is 0 Å². The quantitative estimate of drug-likeness (QED) is 0.432. The monoisotopic (exact) mass is 181 g/mol. The van der Waals surface area contributed by atoms with Crippen molar-refractivity contribution in [2.24, 2.45) is 0 Å². The van der Waals surface area contributed by atoms with E-state index in [-0.39, 0.29) is 5.75 Å². The van der Waals surface area contributed by atoms with Gasteiger partial charge in [-0.3, -0.25) is 4.79 Å². The summed E-state index contributed by atoms with van der Waals surface area (Å²) in [7, 11) is 0. The van der Waals surface area contributed by atoms with E-state index in [0.29, 0.717) is 5.69 Å². The number of phenolic OH excluding ortho intramolecular Hbond substituents is 1. The van der Waals surface area contributed by atoms with Gasteiger partial charge in [-0.2, -0.15) is 0 Å². The van der Waals surface area contributed by atoms with E-state index in [1.807, 2.05) is 0 Å². The molecule has 0 aromatic heterocycles. The minimum atomic E-state index is -1.55. The number of amides is 1. The van der Waals surface area contributed by atoms with Crippen molar-refractivity contribution >= 4 is 17.6 Å². The lowest BCUT2D eigenvalue weighted by atomic mass is 10.3. The summed E-state index contributed by atoms with van der Waals surface area (Å²) >= 11 is 0. The second-order valence-electron chi connectivity index (χ2n) is 2.31. The molecule has 1 amide bonds. The smallest absolute Gasteiger partial charge is 0.394 e. The van der Waals surface area contributed by atoms with Gasteiger partial charge in [0.15, 0.2) is 0 Å². The molecular formula is C8H7NO4. The van der Waals surface area contributed by atoms with Crippen LogP contribution in [-0.2, 0) is 9.59 Å². The Labute approximate surface area is 73.6 Å². The molecule has 5 nitrogen and oxygen atoms in total. The number of hydrogen-bond acceptors (Lipinski definition) is 3. The Morgan fingerprint density at radius 1 is 1.15 bits per heavy atom. The van der Waals surface area contributed by atoms with E-state index in [1.54, 1.807) is 0 Å². The molecule has 0 saturated carbocycles. The average Bonchev–Trinajstić information content (AvgIpc) is 2.08. The molecule has 0 fully saturated rings.